The van der Waals surface area contributed by atoms with Gasteiger partial charge in [0.2, 0.25) is 0 Å². The van der Waals surface area contributed by atoms with Crippen LogP contribution in [0.1, 0.15) is 74.8 Å². The van der Waals surface area contributed by atoms with Crippen molar-refractivity contribution < 1.29 is 19.1 Å². The molecular formula is C30H32ClNO4. The van der Waals surface area contributed by atoms with Crippen molar-refractivity contribution in [2.24, 2.45) is 0 Å². The normalized spacial score (nSPS) is 22.7. The van der Waals surface area contributed by atoms with Crippen LogP contribution in [0.4, 0.5) is 0 Å². The van der Waals surface area contributed by atoms with E-state index in [0.29, 0.717) is 34.8 Å². The first-order valence-electron chi connectivity index (χ1n) is 12.8. The smallest absolute Gasteiger partial charge is 0.337 e. The van der Waals surface area contributed by atoms with E-state index in [-0.39, 0.29) is 23.8 Å². The summed E-state index contributed by atoms with van der Waals surface area (Å²) in [4.78, 5) is 27.4. The van der Waals surface area contributed by atoms with Crippen LogP contribution in [0, 0.1) is 0 Å². The van der Waals surface area contributed by atoms with E-state index in [1.165, 1.54) is 6.42 Å². The Balaban J connectivity index is 1.53. The highest BCUT2D eigenvalue weighted by molar-refractivity contribution is 6.30. The highest BCUT2D eigenvalue weighted by Crippen LogP contribution is 2.46. The molecule has 5 nitrogen and oxygen atoms in total. The van der Waals surface area contributed by atoms with Crippen LogP contribution in [0.25, 0.3) is 0 Å². The first-order chi connectivity index (χ1) is 17.4. The molecule has 2 aliphatic carbocycles. The molecule has 0 saturated heterocycles. The lowest BCUT2D eigenvalue weighted by atomic mass is 9.71. The molecule has 188 valence electrons. The Bertz CT molecular complexity index is 1220. The van der Waals surface area contributed by atoms with Crippen LogP contribution in [0.2, 0.25) is 5.02 Å². The SMILES string of the molecule is COc1cccc([C@H]2C(C(=O)OC3CCCCC3)=C(C)NC3=C2C(=O)C[C@H](c2ccc(Cl)cc2)C3)c1. The minimum absolute atomic E-state index is 0.0481. The number of esters is 1. The molecule has 1 aliphatic heterocycles. The third kappa shape index (κ3) is 4.94. The van der Waals surface area contributed by atoms with E-state index in [1.54, 1.807) is 7.11 Å². The molecule has 1 saturated carbocycles. The Labute approximate surface area is 217 Å². The van der Waals surface area contributed by atoms with Crippen molar-refractivity contribution in [3.8, 4) is 5.75 Å². The molecule has 0 radical (unpaired) electrons. The second kappa shape index (κ2) is 10.5. The first-order valence-corrected chi connectivity index (χ1v) is 13.2. The average molecular weight is 506 g/mol. The van der Waals surface area contributed by atoms with E-state index in [0.717, 1.165) is 48.2 Å². The number of carbonyl (C=O) groups excluding carboxylic acids is 2. The van der Waals surface area contributed by atoms with Crippen LogP contribution in [-0.4, -0.2) is 25.0 Å². The van der Waals surface area contributed by atoms with Crippen LogP contribution in [0.15, 0.2) is 71.1 Å². The standard InChI is InChI=1S/C30H32ClNO4/c1-18-27(30(34)36-23-8-4-3-5-9-23)28(20-7-6-10-24(15-20)35-2)29-25(32-18)16-21(17-26(29)33)19-11-13-22(31)14-12-19/h6-7,10-15,21,23,28,32H,3-5,8-9,16-17H2,1-2H3/t21-,28+/m1/s1. The predicted octanol–water partition coefficient (Wildman–Crippen LogP) is 6.59. The average Bonchev–Trinajstić information content (AvgIpc) is 2.88. The van der Waals surface area contributed by atoms with E-state index in [2.05, 4.69) is 5.32 Å². The van der Waals surface area contributed by atoms with Crippen LogP contribution >= 0.6 is 11.6 Å². The number of ether oxygens (including phenoxy) is 2. The largest absolute Gasteiger partial charge is 0.497 e. The molecule has 2 atom stereocenters. The second-order valence-electron chi connectivity index (χ2n) is 10.0. The van der Waals surface area contributed by atoms with Gasteiger partial charge in [-0.3, -0.25) is 4.79 Å². The van der Waals surface area contributed by atoms with Crippen molar-refractivity contribution in [3.63, 3.8) is 0 Å². The van der Waals surface area contributed by atoms with Crippen molar-refractivity contribution in [2.45, 2.75) is 69.8 Å². The predicted molar refractivity (Wildman–Crippen MR) is 140 cm³/mol. The van der Waals surface area contributed by atoms with Crippen LogP contribution < -0.4 is 10.1 Å². The van der Waals surface area contributed by atoms with Gasteiger partial charge in [0.1, 0.15) is 11.9 Å². The van der Waals surface area contributed by atoms with Gasteiger partial charge in [0.05, 0.1) is 12.7 Å². The van der Waals surface area contributed by atoms with Crippen molar-refractivity contribution in [1.82, 2.24) is 5.32 Å². The van der Waals surface area contributed by atoms with Gasteiger partial charge in [0.15, 0.2) is 5.78 Å². The lowest BCUT2D eigenvalue weighted by Crippen LogP contribution is -2.37. The maximum Gasteiger partial charge on any atom is 0.337 e. The summed E-state index contributed by atoms with van der Waals surface area (Å²) < 4.78 is 11.5. The Morgan fingerprint density at radius 3 is 2.47 bits per heavy atom. The molecule has 0 aromatic heterocycles. The molecule has 3 aliphatic rings. The maximum atomic E-state index is 13.8. The van der Waals surface area contributed by atoms with Crippen molar-refractivity contribution in [3.05, 3.63) is 87.2 Å². The number of rotatable bonds is 5. The number of nitrogens with one attached hydrogen (secondary N) is 1. The van der Waals surface area contributed by atoms with E-state index in [9.17, 15) is 9.59 Å². The number of allylic oxidation sites excluding steroid dienone is 3. The van der Waals surface area contributed by atoms with Crippen molar-refractivity contribution in [1.29, 1.82) is 0 Å². The first kappa shape index (κ1) is 24.6. The van der Waals surface area contributed by atoms with E-state index in [1.807, 2.05) is 55.5 Å². The van der Waals surface area contributed by atoms with E-state index < -0.39 is 5.92 Å². The maximum absolute atomic E-state index is 13.8. The molecule has 5 rings (SSSR count). The fraction of sp³-hybridized carbons (Fsp3) is 0.400. The van der Waals surface area contributed by atoms with Crippen LogP contribution in [-0.2, 0) is 14.3 Å². The zero-order valence-corrected chi connectivity index (χ0v) is 21.6. The number of hydrogen-bond donors (Lipinski definition) is 1. The molecule has 2 aromatic rings. The van der Waals surface area contributed by atoms with Crippen LogP contribution in [0.5, 0.6) is 5.75 Å². The number of benzene rings is 2. The fourth-order valence-corrected chi connectivity index (χ4v) is 5.96. The van der Waals surface area contributed by atoms with Gasteiger partial charge in [0.25, 0.3) is 0 Å². The summed E-state index contributed by atoms with van der Waals surface area (Å²) in [5.41, 5.74) is 4.75. The summed E-state index contributed by atoms with van der Waals surface area (Å²) in [7, 11) is 1.62. The number of hydrogen-bond acceptors (Lipinski definition) is 5. The Morgan fingerprint density at radius 2 is 1.75 bits per heavy atom. The lowest BCUT2D eigenvalue weighted by Gasteiger charge is -2.37. The highest BCUT2D eigenvalue weighted by Gasteiger charge is 2.42. The Hall–Kier alpha value is -3.05. The summed E-state index contributed by atoms with van der Waals surface area (Å²) in [6, 6.07) is 15.4. The molecule has 0 unspecified atom stereocenters. The minimum atomic E-state index is -0.494. The molecule has 1 fully saturated rings. The molecule has 2 aromatic carbocycles. The van der Waals surface area contributed by atoms with Crippen molar-refractivity contribution in [2.75, 3.05) is 7.11 Å². The topological polar surface area (TPSA) is 64.6 Å². The minimum Gasteiger partial charge on any atom is -0.497 e. The molecule has 0 amide bonds. The quantitative estimate of drug-likeness (QED) is 0.464. The van der Waals surface area contributed by atoms with Gasteiger partial charge >= 0.3 is 5.97 Å². The van der Waals surface area contributed by atoms with Gasteiger partial charge in [-0.25, -0.2) is 4.79 Å². The monoisotopic (exact) mass is 505 g/mol. The van der Waals surface area contributed by atoms with Gasteiger partial charge in [0, 0.05) is 34.3 Å². The van der Waals surface area contributed by atoms with Gasteiger partial charge in [-0.2, -0.15) is 0 Å². The number of dihydropyridines is 1. The second-order valence-corrected chi connectivity index (χ2v) is 10.4. The number of ketones is 1. The molecule has 36 heavy (non-hydrogen) atoms. The molecule has 1 heterocycles. The number of Topliss-reactive ketones (excluding diaryl/α,β-unsaturated/α-hetero) is 1. The van der Waals surface area contributed by atoms with Gasteiger partial charge < -0.3 is 14.8 Å². The number of methoxy groups -OCH3 is 1. The fourth-order valence-electron chi connectivity index (χ4n) is 5.83. The van der Waals surface area contributed by atoms with E-state index >= 15 is 0 Å². The molecule has 1 N–H and O–H groups in total. The summed E-state index contributed by atoms with van der Waals surface area (Å²) in [6.45, 7) is 1.91. The highest BCUT2D eigenvalue weighted by atomic mass is 35.5. The van der Waals surface area contributed by atoms with Crippen LogP contribution in [0.3, 0.4) is 0 Å². The lowest BCUT2D eigenvalue weighted by molar-refractivity contribution is -0.146. The molecule has 0 bridgehead atoms. The third-order valence-electron chi connectivity index (χ3n) is 7.64. The zero-order chi connectivity index (χ0) is 25.2. The molecular weight excluding hydrogens is 474 g/mol. The van der Waals surface area contributed by atoms with Gasteiger partial charge in [-0.1, -0.05) is 42.3 Å². The van der Waals surface area contributed by atoms with E-state index in [4.69, 9.17) is 21.1 Å². The molecule has 0 spiro atoms. The van der Waals surface area contributed by atoms with Crippen molar-refractivity contribution >= 4 is 23.4 Å². The summed E-state index contributed by atoms with van der Waals surface area (Å²) in [6.07, 6.45) is 6.13. The zero-order valence-electron chi connectivity index (χ0n) is 20.8. The number of halogens is 1. The van der Waals surface area contributed by atoms with Gasteiger partial charge in [-0.15, -0.1) is 0 Å². The Morgan fingerprint density at radius 1 is 1.00 bits per heavy atom. The van der Waals surface area contributed by atoms with Gasteiger partial charge in [-0.05, 0) is 80.3 Å². The Kier molecular flexibility index (Phi) is 7.20. The summed E-state index contributed by atoms with van der Waals surface area (Å²) >= 11 is 6.09. The number of carbonyl (C=O) groups is 2. The third-order valence-corrected chi connectivity index (χ3v) is 7.89. The summed E-state index contributed by atoms with van der Waals surface area (Å²) in [5.74, 6) is -0.0411. The molecule has 6 heteroatoms. The summed E-state index contributed by atoms with van der Waals surface area (Å²) in [5, 5.41) is 4.11.